The first-order chi connectivity index (χ1) is 14.2. The van der Waals surface area contributed by atoms with Gasteiger partial charge in [-0.3, -0.25) is 4.90 Å². The first-order valence-corrected chi connectivity index (χ1v) is 10.2. The number of halogens is 1. The van der Waals surface area contributed by atoms with Crippen LogP contribution in [-0.4, -0.2) is 42.0 Å². The lowest BCUT2D eigenvalue weighted by Gasteiger charge is -2.39. The van der Waals surface area contributed by atoms with Crippen molar-refractivity contribution in [3.05, 3.63) is 101 Å². The second-order valence-corrected chi connectivity index (χ2v) is 7.62. The molecule has 0 saturated carbocycles. The van der Waals surface area contributed by atoms with E-state index in [1.54, 1.807) is 12.1 Å². The lowest BCUT2D eigenvalue weighted by Crippen LogP contribution is -2.51. The van der Waals surface area contributed by atoms with Crippen molar-refractivity contribution >= 4 is 23.3 Å². The van der Waals surface area contributed by atoms with Gasteiger partial charge in [0.1, 0.15) is 0 Å². The molecule has 29 heavy (non-hydrogen) atoms. The van der Waals surface area contributed by atoms with E-state index >= 15 is 0 Å². The van der Waals surface area contributed by atoms with E-state index in [0.717, 1.165) is 18.8 Å². The van der Waals surface area contributed by atoms with Gasteiger partial charge in [-0.1, -0.05) is 72.3 Å². The maximum Gasteiger partial charge on any atom is 0.321 e. The topological polar surface area (TPSA) is 35.6 Å². The average molecular weight is 406 g/mol. The Morgan fingerprint density at radius 2 is 1.28 bits per heavy atom. The molecule has 2 amide bonds. The number of nitrogens with zero attached hydrogens (tertiary/aromatic N) is 2. The molecule has 0 bridgehead atoms. The van der Waals surface area contributed by atoms with Crippen LogP contribution in [0.2, 0.25) is 5.02 Å². The summed E-state index contributed by atoms with van der Waals surface area (Å²) in [5, 5.41) is 3.61. The molecule has 148 valence electrons. The summed E-state index contributed by atoms with van der Waals surface area (Å²) < 4.78 is 0. The van der Waals surface area contributed by atoms with Crippen molar-refractivity contribution in [1.82, 2.24) is 9.80 Å². The van der Waals surface area contributed by atoms with Crippen molar-refractivity contribution < 1.29 is 4.79 Å². The summed E-state index contributed by atoms with van der Waals surface area (Å²) in [6.45, 7) is 3.02. The monoisotopic (exact) mass is 405 g/mol. The van der Waals surface area contributed by atoms with E-state index < -0.39 is 0 Å². The fraction of sp³-hybridized carbons (Fsp3) is 0.208. The van der Waals surface area contributed by atoms with Crippen LogP contribution in [0.15, 0.2) is 84.9 Å². The number of urea groups is 1. The molecule has 3 aromatic carbocycles. The molecule has 0 atom stereocenters. The Balaban J connectivity index is 1.44. The third kappa shape index (κ3) is 4.78. The van der Waals surface area contributed by atoms with Crippen LogP contribution in [0, 0.1) is 0 Å². The normalized spacial score (nSPS) is 14.8. The highest BCUT2D eigenvalue weighted by molar-refractivity contribution is 6.30. The number of carbonyl (C=O) groups excluding carboxylic acids is 1. The third-order valence-corrected chi connectivity index (χ3v) is 5.54. The van der Waals surface area contributed by atoms with Crippen molar-refractivity contribution in [2.75, 3.05) is 31.5 Å². The van der Waals surface area contributed by atoms with Crippen LogP contribution in [0.3, 0.4) is 0 Å². The van der Waals surface area contributed by atoms with Gasteiger partial charge in [-0.05, 0) is 35.4 Å². The van der Waals surface area contributed by atoms with Crippen molar-refractivity contribution in [3.63, 3.8) is 0 Å². The fourth-order valence-corrected chi connectivity index (χ4v) is 3.93. The Kier molecular flexibility index (Phi) is 6.13. The van der Waals surface area contributed by atoms with Crippen molar-refractivity contribution in [1.29, 1.82) is 0 Å². The molecule has 0 spiro atoms. The number of amides is 2. The first-order valence-electron chi connectivity index (χ1n) is 9.86. The van der Waals surface area contributed by atoms with Gasteiger partial charge >= 0.3 is 6.03 Å². The zero-order valence-corrected chi connectivity index (χ0v) is 16.9. The number of anilines is 1. The number of rotatable bonds is 4. The minimum atomic E-state index is -0.0667. The number of nitrogens with one attached hydrogen (secondary N) is 1. The Bertz CT molecular complexity index is 884. The van der Waals surface area contributed by atoms with Gasteiger partial charge < -0.3 is 10.2 Å². The minimum Gasteiger partial charge on any atom is -0.322 e. The average Bonchev–Trinajstić information content (AvgIpc) is 2.77. The summed E-state index contributed by atoms with van der Waals surface area (Å²) in [4.78, 5) is 17.0. The van der Waals surface area contributed by atoms with Crippen molar-refractivity contribution in [2.45, 2.75) is 6.04 Å². The van der Waals surface area contributed by atoms with E-state index in [1.807, 2.05) is 29.2 Å². The fourth-order valence-electron chi connectivity index (χ4n) is 3.80. The lowest BCUT2D eigenvalue weighted by molar-refractivity contribution is 0.126. The number of hydrogen-bond acceptors (Lipinski definition) is 2. The molecule has 0 radical (unpaired) electrons. The highest BCUT2D eigenvalue weighted by atomic mass is 35.5. The molecule has 5 heteroatoms. The Hall–Kier alpha value is -2.82. The maximum absolute atomic E-state index is 12.6. The number of benzene rings is 3. The summed E-state index contributed by atoms with van der Waals surface area (Å²) in [7, 11) is 0. The summed E-state index contributed by atoms with van der Waals surface area (Å²) in [6, 6.07) is 28.5. The molecule has 3 aromatic rings. The molecule has 0 aromatic heterocycles. The van der Waals surface area contributed by atoms with E-state index in [-0.39, 0.29) is 12.1 Å². The predicted octanol–water partition coefficient (Wildman–Crippen LogP) is 5.28. The molecular formula is C24H24ClN3O. The van der Waals surface area contributed by atoms with Gasteiger partial charge in [0.2, 0.25) is 0 Å². The molecule has 0 unspecified atom stereocenters. The number of carbonyl (C=O) groups is 1. The summed E-state index contributed by atoms with van der Waals surface area (Å²) in [5.74, 6) is 0. The van der Waals surface area contributed by atoms with Crippen LogP contribution in [-0.2, 0) is 0 Å². The molecule has 4 rings (SSSR count). The van der Waals surface area contributed by atoms with Crippen LogP contribution in [0.5, 0.6) is 0 Å². The molecule has 1 saturated heterocycles. The SMILES string of the molecule is O=C(Nc1ccc(Cl)cc1)N1CCN(C(c2ccccc2)c2ccccc2)CC1. The lowest BCUT2D eigenvalue weighted by atomic mass is 9.96. The molecule has 0 aliphatic carbocycles. The van der Waals surface area contributed by atoms with Crippen molar-refractivity contribution in [2.24, 2.45) is 0 Å². The zero-order valence-electron chi connectivity index (χ0n) is 16.2. The molecular weight excluding hydrogens is 382 g/mol. The smallest absolute Gasteiger partial charge is 0.321 e. The highest BCUT2D eigenvalue weighted by Gasteiger charge is 2.28. The van der Waals surface area contributed by atoms with Gasteiger partial charge in [-0.15, -0.1) is 0 Å². The number of hydrogen-bond donors (Lipinski definition) is 1. The van der Waals surface area contributed by atoms with E-state index in [0.29, 0.717) is 18.1 Å². The maximum atomic E-state index is 12.6. The molecule has 1 heterocycles. The summed E-state index contributed by atoms with van der Waals surface area (Å²) in [6.07, 6.45) is 0. The molecule has 1 N–H and O–H groups in total. The van der Waals surface area contributed by atoms with Crippen LogP contribution in [0.1, 0.15) is 17.2 Å². The standard InChI is InChI=1S/C24H24ClN3O/c25-21-11-13-22(14-12-21)26-24(29)28-17-15-27(16-18-28)23(19-7-3-1-4-8-19)20-9-5-2-6-10-20/h1-14,23H,15-18H2,(H,26,29). The second kappa shape index (κ2) is 9.12. The van der Waals surface area contributed by atoms with E-state index in [4.69, 9.17) is 11.6 Å². The van der Waals surface area contributed by atoms with Crippen LogP contribution in [0.4, 0.5) is 10.5 Å². The van der Waals surface area contributed by atoms with Gasteiger partial charge in [-0.25, -0.2) is 4.79 Å². The van der Waals surface area contributed by atoms with Gasteiger partial charge in [0, 0.05) is 36.9 Å². The Labute approximate surface area is 176 Å². The molecule has 4 nitrogen and oxygen atoms in total. The molecule has 1 fully saturated rings. The zero-order chi connectivity index (χ0) is 20.1. The van der Waals surface area contributed by atoms with E-state index in [9.17, 15) is 4.79 Å². The van der Waals surface area contributed by atoms with Gasteiger partial charge in [0.05, 0.1) is 6.04 Å². The highest BCUT2D eigenvalue weighted by Crippen LogP contribution is 2.29. The second-order valence-electron chi connectivity index (χ2n) is 7.18. The Morgan fingerprint density at radius 1 is 0.759 bits per heavy atom. The van der Waals surface area contributed by atoms with Crippen molar-refractivity contribution in [3.8, 4) is 0 Å². The minimum absolute atomic E-state index is 0.0667. The third-order valence-electron chi connectivity index (χ3n) is 5.29. The van der Waals surface area contributed by atoms with Gasteiger partial charge in [-0.2, -0.15) is 0 Å². The van der Waals surface area contributed by atoms with Gasteiger partial charge in [0.25, 0.3) is 0 Å². The summed E-state index contributed by atoms with van der Waals surface area (Å²) in [5.41, 5.74) is 3.31. The molecule has 1 aliphatic rings. The summed E-state index contributed by atoms with van der Waals surface area (Å²) >= 11 is 5.91. The number of piperazine rings is 1. The Morgan fingerprint density at radius 3 is 1.79 bits per heavy atom. The van der Waals surface area contributed by atoms with E-state index in [1.165, 1.54) is 11.1 Å². The van der Waals surface area contributed by atoms with Crippen LogP contribution in [0.25, 0.3) is 0 Å². The van der Waals surface area contributed by atoms with Crippen LogP contribution >= 0.6 is 11.6 Å². The van der Waals surface area contributed by atoms with E-state index in [2.05, 4.69) is 58.7 Å². The van der Waals surface area contributed by atoms with Gasteiger partial charge in [0.15, 0.2) is 0 Å². The first kappa shape index (κ1) is 19.5. The van der Waals surface area contributed by atoms with Crippen LogP contribution < -0.4 is 5.32 Å². The molecule has 1 aliphatic heterocycles. The quantitative estimate of drug-likeness (QED) is 0.641. The predicted molar refractivity (Wildman–Crippen MR) is 118 cm³/mol. The largest absolute Gasteiger partial charge is 0.322 e.